The molecule has 3 rings (SSSR count). The predicted molar refractivity (Wildman–Crippen MR) is 99.4 cm³/mol. The molecule has 1 N–H and O–H groups in total. The topological polar surface area (TPSA) is 86.5 Å². The summed E-state index contributed by atoms with van der Waals surface area (Å²) in [5.41, 5.74) is 1.69. The maximum atomic E-state index is 12.1. The summed E-state index contributed by atoms with van der Waals surface area (Å²) in [6.07, 6.45) is 0.270. The average Bonchev–Trinajstić information content (AvgIpc) is 3.17. The van der Waals surface area contributed by atoms with E-state index in [4.69, 9.17) is 13.9 Å². The summed E-state index contributed by atoms with van der Waals surface area (Å²) >= 11 is 0. The van der Waals surface area contributed by atoms with Crippen LogP contribution in [-0.4, -0.2) is 29.8 Å². The first-order chi connectivity index (χ1) is 13.2. The highest BCUT2D eigenvalue weighted by Gasteiger charge is 2.10. The van der Waals surface area contributed by atoms with E-state index in [1.165, 1.54) is 0 Å². The van der Waals surface area contributed by atoms with E-state index >= 15 is 0 Å². The van der Waals surface area contributed by atoms with Gasteiger partial charge in [-0.15, -0.1) is 10.2 Å². The summed E-state index contributed by atoms with van der Waals surface area (Å²) in [7, 11) is 1.61. The number of nitrogens with zero attached hydrogens (tertiary/aromatic N) is 2. The standard InChI is InChI=1S/C20H21N3O4/c1-3-26-17-8-4-14(5-9-17)12-18(24)21-13-19-22-23-20(27-19)15-6-10-16(25-2)11-7-15/h4-11H,3,12-13H2,1-2H3,(H,21,24). The van der Waals surface area contributed by atoms with Gasteiger partial charge in [0.15, 0.2) is 0 Å². The number of rotatable bonds is 8. The third-order valence-corrected chi connectivity index (χ3v) is 3.84. The molecule has 0 unspecified atom stereocenters. The van der Waals surface area contributed by atoms with E-state index in [0.29, 0.717) is 18.4 Å². The molecule has 1 amide bonds. The molecule has 3 aromatic rings. The van der Waals surface area contributed by atoms with Crippen molar-refractivity contribution in [1.29, 1.82) is 0 Å². The third kappa shape index (κ3) is 5.07. The van der Waals surface area contributed by atoms with E-state index in [1.54, 1.807) is 7.11 Å². The average molecular weight is 367 g/mol. The molecular weight excluding hydrogens is 346 g/mol. The third-order valence-electron chi connectivity index (χ3n) is 3.84. The predicted octanol–water partition coefficient (Wildman–Crippen LogP) is 3.00. The van der Waals surface area contributed by atoms with Crippen molar-refractivity contribution in [3.8, 4) is 23.0 Å². The van der Waals surface area contributed by atoms with Gasteiger partial charge in [-0.2, -0.15) is 0 Å². The maximum absolute atomic E-state index is 12.1. The number of nitrogens with one attached hydrogen (secondary N) is 1. The van der Waals surface area contributed by atoms with Gasteiger partial charge in [0.1, 0.15) is 11.5 Å². The minimum Gasteiger partial charge on any atom is -0.497 e. The number of aromatic nitrogens is 2. The number of methoxy groups -OCH3 is 1. The van der Waals surface area contributed by atoms with Gasteiger partial charge in [-0.25, -0.2) is 0 Å². The van der Waals surface area contributed by atoms with Gasteiger partial charge in [0.2, 0.25) is 17.7 Å². The van der Waals surface area contributed by atoms with Gasteiger partial charge in [0, 0.05) is 5.56 Å². The highest BCUT2D eigenvalue weighted by atomic mass is 16.5. The largest absolute Gasteiger partial charge is 0.497 e. The fourth-order valence-electron chi connectivity index (χ4n) is 2.47. The van der Waals surface area contributed by atoms with Gasteiger partial charge in [-0.3, -0.25) is 4.79 Å². The zero-order chi connectivity index (χ0) is 19.1. The highest BCUT2D eigenvalue weighted by Crippen LogP contribution is 2.21. The molecule has 27 heavy (non-hydrogen) atoms. The normalized spacial score (nSPS) is 10.4. The second kappa shape index (κ2) is 8.84. The van der Waals surface area contributed by atoms with Crippen molar-refractivity contribution in [3.05, 3.63) is 60.0 Å². The van der Waals surface area contributed by atoms with Gasteiger partial charge in [0.25, 0.3) is 0 Å². The maximum Gasteiger partial charge on any atom is 0.247 e. The molecule has 1 aromatic heterocycles. The molecule has 0 aliphatic heterocycles. The van der Waals surface area contributed by atoms with Gasteiger partial charge in [-0.05, 0) is 48.9 Å². The van der Waals surface area contributed by atoms with Crippen molar-refractivity contribution in [2.75, 3.05) is 13.7 Å². The zero-order valence-corrected chi connectivity index (χ0v) is 15.3. The molecule has 0 atom stereocenters. The molecule has 0 aliphatic rings. The lowest BCUT2D eigenvalue weighted by Crippen LogP contribution is -2.24. The lowest BCUT2D eigenvalue weighted by Gasteiger charge is -2.05. The van der Waals surface area contributed by atoms with Crippen LogP contribution in [0.15, 0.2) is 52.9 Å². The van der Waals surface area contributed by atoms with Crippen LogP contribution >= 0.6 is 0 Å². The van der Waals surface area contributed by atoms with Gasteiger partial charge < -0.3 is 19.2 Å². The first-order valence-electron chi connectivity index (χ1n) is 8.63. The van der Waals surface area contributed by atoms with Crippen LogP contribution in [0, 0.1) is 0 Å². The van der Waals surface area contributed by atoms with E-state index in [0.717, 1.165) is 22.6 Å². The Morgan fingerprint density at radius 3 is 2.41 bits per heavy atom. The number of hydrogen-bond acceptors (Lipinski definition) is 6. The van der Waals surface area contributed by atoms with Crippen LogP contribution in [0.25, 0.3) is 11.5 Å². The van der Waals surface area contributed by atoms with E-state index in [1.807, 2.05) is 55.5 Å². The van der Waals surface area contributed by atoms with Crippen molar-refractivity contribution >= 4 is 5.91 Å². The molecule has 0 saturated heterocycles. The molecule has 7 heteroatoms. The molecule has 0 aliphatic carbocycles. The Hall–Kier alpha value is -3.35. The molecule has 0 bridgehead atoms. The number of carbonyl (C=O) groups excluding carboxylic acids is 1. The minimum absolute atomic E-state index is 0.122. The van der Waals surface area contributed by atoms with E-state index < -0.39 is 0 Å². The summed E-state index contributed by atoms with van der Waals surface area (Å²) in [6.45, 7) is 2.72. The number of hydrogen-bond donors (Lipinski definition) is 1. The molecule has 0 spiro atoms. The summed E-state index contributed by atoms with van der Waals surface area (Å²) in [5.74, 6) is 2.16. The smallest absolute Gasteiger partial charge is 0.247 e. The number of ether oxygens (including phenoxy) is 2. The van der Waals surface area contributed by atoms with E-state index in [9.17, 15) is 4.79 Å². The number of benzene rings is 2. The summed E-state index contributed by atoms with van der Waals surface area (Å²) in [6, 6.07) is 14.8. The summed E-state index contributed by atoms with van der Waals surface area (Å²) < 4.78 is 16.1. The van der Waals surface area contributed by atoms with Crippen molar-refractivity contribution in [3.63, 3.8) is 0 Å². The van der Waals surface area contributed by atoms with Crippen LogP contribution in [0.3, 0.4) is 0 Å². The van der Waals surface area contributed by atoms with Crippen molar-refractivity contribution in [2.24, 2.45) is 0 Å². The molecule has 0 saturated carbocycles. The Labute approximate surface area is 157 Å². The number of amides is 1. The van der Waals surface area contributed by atoms with Gasteiger partial charge in [0.05, 0.1) is 26.7 Å². The van der Waals surface area contributed by atoms with Crippen molar-refractivity contribution < 1.29 is 18.7 Å². The molecule has 140 valence electrons. The Morgan fingerprint density at radius 1 is 1.04 bits per heavy atom. The molecule has 2 aromatic carbocycles. The first-order valence-corrected chi connectivity index (χ1v) is 8.63. The minimum atomic E-state index is -0.122. The van der Waals surface area contributed by atoms with E-state index in [2.05, 4.69) is 15.5 Å². The SMILES string of the molecule is CCOc1ccc(CC(=O)NCc2nnc(-c3ccc(OC)cc3)o2)cc1. The Bertz CT molecular complexity index is 873. The lowest BCUT2D eigenvalue weighted by molar-refractivity contribution is -0.120. The first kappa shape index (κ1) is 18.4. The molecule has 0 radical (unpaired) electrons. The molecular formula is C20H21N3O4. The zero-order valence-electron chi connectivity index (χ0n) is 15.3. The van der Waals surface area contributed by atoms with Crippen LogP contribution < -0.4 is 14.8 Å². The second-order valence-electron chi connectivity index (χ2n) is 5.76. The fourth-order valence-corrected chi connectivity index (χ4v) is 2.47. The van der Waals surface area contributed by atoms with Gasteiger partial charge >= 0.3 is 0 Å². The molecule has 1 heterocycles. The van der Waals surface area contributed by atoms with Crippen LogP contribution in [0.2, 0.25) is 0 Å². The number of carbonyl (C=O) groups is 1. The monoisotopic (exact) mass is 367 g/mol. The Balaban J connectivity index is 1.52. The molecule has 0 fully saturated rings. The summed E-state index contributed by atoms with van der Waals surface area (Å²) in [5, 5.41) is 10.8. The van der Waals surface area contributed by atoms with Crippen LogP contribution in [-0.2, 0) is 17.8 Å². The second-order valence-corrected chi connectivity index (χ2v) is 5.76. The van der Waals surface area contributed by atoms with Crippen molar-refractivity contribution in [2.45, 2.75) is 19.9 Å². The Morgan fingerprint density at radius 2 is 1.74 bits per heavy atom. The van der Waals surface area contributed by atoms with E-state index in [-0.39, 0.29) is 18.9 Å². The van der Waals surface area contributed by atoms with Crippen LogP contribution in [0.5, 0.6) is 11.5 Å². The quantitative estimate of drug-likeness (QED) is 0.659. The summed E-state index contributed by atoms with van der Waals surface area (Å²) in [4.78, 5) is 12.1. The van der Waals surface area contributed by atoms with Crippen LogP contribution in [0.4, 0.5) is 0 Å². The molecule has 7 nitrogen and oxygen atoms in total. The Kier molecular flexibility index (Phi) is 6.04. The fraction of sp³-hybridized carbons (Fsp3) is 0.250. The van der Waals surface area contributed by atoms with Crippen molar-refractivity contribution in [1.82, 2.24) is 15.5 Å². The van der Waals surface area contributed by atoms with Crippen LogP contribution in [0.1, 0.15) is 18.4 Å². The lowest BCUT2D eigenvalue weighted by atomic mass is 10.1. The van der Waals surface area contributed by atoms with Gasteiger partial charge in [-0.1, -0.05) is 12.1 Å². The highest BCUT2D eigenvalue weighted by molar-refractivity contribution is 5.78.